The van der Waals surface area contributed by atoms with Crippen LogP contribution in [0.25, 0.3) is 22.0 Å². The molecule has 0 aliphatic heterocycles. The maximum Gasteiger partial charge on any atom is 0.270 e. The average molecular weight is 264 g/mol. The van der Waals surface area contributed by atoms with Gasteiger partial charge in [-0.05, 0) is 30.2 Å². The van der Waals surface area contributed by atoms with E-state index in [2.05, 4.69) is 4.98 Å². The van der Waals surface area contributed by atoms with E-state index in [1.165, 1.54) is 6.07 Å². The molecule has 0 spiro atoms. The summed E-state index contributed by atoms with van der Waals surface area (Å²) in [7, 11) is 0. The molecule has 0 saturated heterocycles. The van der Waals surface area contributed by atoms with Crippen molar-refractivity contribution in [1.29, 1.82) is 0 Å². The first-order valence-electron chi connectivity index (χ1n) is 6.26. The fourth-order valence-corrected chi connectivity index (χ4v) is 2.33. The first-order chi connectivity index (χ1) is 9.65. The lowest BCUT2D eigenvalue weighted by molar-refractivity contribution is -0.384. The summed E-state index contributed by atoms with van der Waals surface area (Å²) >= 11 is 0. The lowest BCUT2D eigenvalue weighted by Gasteiger charge is -2.08. The molecule has 0 radical (unpaired) electrons. The number of aryl methyl sites for hydroxylation is 1. The van der Waals surface area contributed by atoms with Crippen molar-refractivity contribution >= 4 is 16.6 Å². The molecule has 0 fully saturated rings. The molecule has 0 atom stereocenters. The number of nitro benzene ring substituents is 1. The Morgan fingerprint density at radius 3 is 2.65 bits per heavy atom. The molecule has 4 nitrogen and oxygen atoms in total. The zero-order chi connectivity index (χ0) is 14.1. The van der Waals surface area contributed by atoms with Crippen LogP contribution in [0, 0.1) is 17.0 Å². The summed E-state index contributed by atoms with van der Waals surface area (Å²) in [6, 6.07) is 16.5. The van der Waals surface area contributed by atoms with Gasteiger partial charge < -0.3 is 0 Å². The highest BCUT2D eigenvalue weighted by Gasteiger charge is 2.10. The number of para-hydroxylation sites is 1. The van der Waals surface area contributed by atoms with Crippen LogP contribution in [-0.2, 0) is 0 Å². The summed E-state index contributed by atoms with van der Waals surface area (Å²) in [6.07, 6.45) is 0. The molecular weight excluding hydrogens is 252 g/mol. The van der Waals surface area contributed by atoms with E-state index >= 15 is 0 Å². The number of hydrogen-bond acceptors (Lipinski definition) is 3. The minimum Gasteiger partial charge on any atom is -0.258 e. The summed E-state index contributed by atoms with van der Waals surface area (Å²) in [5.74, 6) is 0. The second-order valence-corrected chi connectivity index (χ2v) is 4.64. The SMILES string of the molecule is Cc1cc(-c2cccc([N+](=O)[O-])c2)c2ccccc2n1. The lowest BCUT2D eigenvalue weighted by Crippen LogP contribution is -1.91. The number of hydrogen-bond donors (Lipinski definition) is 0. The Kier molecular flexibility index (Phi) is 2.91. The summed E-state index contributed by atoms with van der Waals surface area (Å²) in [5.41, 5.74) is 3.69. The van der Waals surface area contributed by atoms with Crippen LogP contribution in [0.2, 0.25) is 0 Å². The third-order valence-corrected chi connectivity index (χ3v) is 3.21. The average Bonchev–Trinajstić information content (AvgIpc) is 2.46. The van der Waals surface area contributed by atoms with E-state index < -0.39 is 0 Å². The van der Waals surface area contributed by atoms with E-state index in [-0.39, 0.29) is 10.6 Å². The maximum absolute atomic E-state index is 10.9. The molecule has 0 unspecified atom stereocenters. The summed E-state index contributed by atoms with van der Waals surface area (Å²) < 4.78 is 0. The number of nitro groups is 1. The van der Waals surface area contributed by atoms with Crippen LogP contribution in [0.1, 0.15) is 5.69 Å². The van der Waals surface area contributed by atoms with Gasteiger partial charge >= 0.3 is 0 Å². The van der Waals surface area contributed by atoms with Gasteiger partial charge in [-0.3, -0.25) is 15.1 Å². The molecule has 0 saturated carbocycles. The molecule has 0 bridgehead atoms. The molecule has 3 aromatic rings. The van der Waals surface area contributed by atoms with Gasteiger partial charge in [-0.1, -0.05) is 30.3 Å². The largest absolute Gasteiger partial charge is 0.270 e. The van der Waals surface area contributed by atoms with Crippen molar-refractivity contribution in [3.63, 3.8) is 0 Å². The highest BCUT2D eigenvalue weighted by molar-refractivity contribution is 5.94. The van der Waals surface area contributed by atoms with Crippen molar-refractivity contribution in [1.82, 2.24) is 4.98 Å². The van der Waals surface area contributed by atoms with E-state index in [4.69, 9.17) is 0 Å². The van der Waals surface area contributed by atoms with Crippen LogP contribution in [-0.4, -0.2) is 9.91 Å². The maximum atomic E-state index is 10.9. The normalized spacial score (nSPS) is 10.7. The Morgan fingerprint density at radius 1 is 1.05 bits per heavy atom. The zero-order valence-electron chi connectivity index (χ0n) is 10.9. The Hall–Kier alpha value is -2.75. The number of fused-ring (bicyclic) bond motifs is 1. The fourth-order valence-electron chi connectivity index (χ4n) is 2.33. The van der Waals surface area contributed by atoms with Gasteiger partial charge in [0.15, 0.2) is 0 Å². The number of rotatable bonds is 2. The minimum absolute atomic E-state index is 0.0982. The minimum atomic E-state index is -0.375. The first kappa shape index (κ1) is 12.3. The molecule has 98 valence electrons. The Labute approximate surface area is 115 Å². The molecule has 2 aromatic carbocycles. The van der Waals surface area contributed by atoms with Gasteiger partial charge in [0.25, 0.3) is 5.69 Å². The van der Waals surface area contributed by atoms with Crippen LogP contribution in [0.5, 0.6) is 0 Å². The molecule has 3 rings (SSSR count). The number of aromatic nitrogens is 1. The highest BCUT2D eigenvalue weighted by atomic mass is 16.6. The first-order valence-corrected chi connectivity index (χ1v) is 6.26. The van der Waals surface area contributed by atoms with Crippen molar-refractivity contribution < 1.29 is 4.92 Å². The van der Waals surface area contributed by atoms with Gasteiger partial charge in [-0.25, -0.2) is 0 Å². The van der Waals surface area contributed by atoms with Crippen LogP contribution in [0.3, 0.4) is 0 Å². The quantitative estimate of drug-likeness (QED) is 0.516. The van der Waals surface area contributed by atoms with Gasteiger partial charge in [-0.2, -0.15) is 0 Å². The standard InChI is InChI=1S/C16H12N2O2/c1-11-9-15(14-7-2-3-8-16(14)17-11)12-5-4-6-13(10-12)18(19)20/h2-10H,1H3. The Balaban J connectivity index is 2.29. The summed E-state index contributed by atoms with van der Waals surface area (Å²) in [4.78, 5) is 15.0. The monoisotopic (exact) mass is 264 g/mol. The van der Waals surface area contributed by atoms with Crippen LogP contribution in [0.15, 0.2) is 54.6 Å². The number of benzene rings is 2. The van der Waals surface area contributed by atoms with E-state index in [0.717, 1.165) is 27.7 Å². The van der Waals surface area contributed by atoms with E-state index in [1.54, 1.807) is 12.1 Å². The second-order valence-electron chi connectivity index (χ2n) is 4.64. The summed E-state index contributed by atoms with van der Waals surface area (Å²) in [6.45, 7) is 1.92. The molecule has 20 heavy (non-hydrogen) atoms. The van der Waals surface area contributed by atoms with Gasteiger partial charge in [0, 0.05) is 23.2 Å². The van der Waals surface area contributed by atoms with Gasteiger partial charge in [0.05, 0.1) is 10.4 Å². The van der Waals surface area contributed by atoms with Crippen LogP contribution in [0.4, 0.5) is 5.69 Å². The van der Waals surface area contributed by atoms with E-state index in [9.17, 15) is 10.1 Å². The van der Waals surface area contributed by atoms with Crippen molar-refractivity contribution in [3.8, 4) is 11.1 Å². The predicted molar refractivity (Wildman–Crippen MR) is 78.6 cm³/mol. The Bertz CT molecular complexity index is 812. The zero-order valence-corrected chi connectivity index (χ0v) is 10.9. The molecule has 1 heterocycles. The van der Waals surface area contributed by atoms with Crippen molar-refractivity contribution in [2.75, 3.05) is 0 Å². The van der Waals surface area contributed by atoms with Gasteiger partial charge in [-0.15, -0.1) is 0 Å². The van der Waals surface area contributed by atoms with Crippen molar-refractivity contribution in [3.05, 3.63) is 70.4 Å². The van der Waals surface area contributed by atoms with Gasteiger partial charge in [0.2, 0.25) is 0 Å². The molecule has 0 N–H and O–H groups in total. The van der Waals surface area contributed by atoms with Gasteiger partial charge in [0.1, 0.15) is 0 Å². The number of non-ortho nitro benzene ring substituents is 1. The molecule has 0 amide bonds. The third-order valence-electron chi connectivity index (χ3n) is 3.21. The third kappa shape index (κ3) is 2.12. The van der Waals surface area contributed by atoms with Crippen LogP contribution >= 0.6 is 0 Å². The van der Waals surface area contributed by atoms with E-state index in [1.807, 2.05) is 43.3 Å². The predicted octanol–water partition coefficient (Wildman–Crippen LogP) is 4.12. The Morgan fingerprint density at radius 2 is 1.85 bits per heavy atom. The smallest absolute Gasteiger partial charge is 0.258 e. The number of pyridine rings is 1. The molecule has 1 aromatic heterocycles. The number of nitrogens with zero attached hydrogens (tertiary/aromatic N) is 2. The molecular formula is C16H12N2O2. The fraction of sp³-hybridized carbons (Fsp3) is 0.0625. The second kappa shape index (κ2) is 4.74. The molecule has 0 aliphatic carbocycles. The van der Waals surface area contributed by atoms with E-state index in [0.29, 0.717) is 0 Å². The highest BCUT2D eigenvalue weighted by Crippen LogP contribution is 2.30. The lowest BCUT2D eigenvalue weighted by atomic mass is 10.00. The molecule has 0 aliphatic rings. The van der Waals surface area contributed by atoms with Crippen LogP contribution < -0.4 is 0 Å². The van der Waals surface area contributed by atoms with Crippen molar-refractivity contribution in [2.24, 2.45) is 0 Å². The topological polar surface area (TPSA) is 56.0 Å². The molecule has 4 heteroatoms. The summed E-state index contributed by atoms with van der Waals surface area (Å²) in [5, 5.41) is 11.9. The van der Waals surface area contributed by atoms with Crippen molar-refractivity contribution in [2.45, 2.75) is 6.92 Å².